The molecule has 2 aromatic rings. The number of ether oxygens (including phenoxy) is 1. The first-order valence-corrected chi connectivity index (χ1v) is 7.97. The molecular weight excluding hydrogens is 306 g/mol. The van der Waals surface area contributed by atoms with E-state index < -0.39 is 11.7 Å². The Morgan fingerprint density at radius 3 is 2.67 bits per heavy atom. The second-order valence-corrected chi connectivity index (χ2v) is 6.69. The molecule has 0 radical (unpaired) electrons. The Morgan fingerprint density at radius 1 is 1.38 bits per heavy atom. The first-order valence-electron chi connectivity index (χ1n) is 7.97. The van der Waals surface area contributed by atoms with Crippen LogP contribution in [0.25, 0.3) is 10.9 Å². The topological polar surface area (TPSA) is 63.9 Å². The Kier molecular flexibility index (Phi) is 5.10. The molecule has 6 nitrogen and oxygen atoms in total. The first kappa shape index (κ1) is 17.8. The highest BCUT2D eigenvalue weighted by atomic mass is 16.6. The zero-order chi connectivity index (χ0) is 17.9. The Labute approximate surface area is 141 Å². The summed E-state index contributed by atoms with van der Waals surface area (Å²) in [4.78, 5) is 27.1. The first-order chi connectivity index (χ1) is 11.3. The number of aryl methyl sites for hydroxylation is 1. The van der Waals surface area contributed by atoms with E-state index in [1.807, 2.05) is 52.8 Å². The van der Waals surface area contributed by atoms with Gasteiger partial charge in [0, 0.05) is 11.9 Å². The fraction of sp³-hybridized carbons (Fsp3) is 0.444. The number of hydrogen-bond acceptors (Lipinski definition) is 4. The van der Waals surface area contributed by atoms with Gasteiger partial charge in [0.05, 0.1) is 11.7 Å². The minimum Gasteiger partial charge on any atom is -0.442 e. The SMILES string of the molecule is CCCN(C(=O)OC(C)(C)C)n1cc(N=C=O)c2cc(C)ccc21. The molecule has 0 fully saturated rings. The molecule has 1 aromatic heterocycles. The largest absolute Gasteiger partial charge is 0.442 e. The van der Waals surface area contributed by atoms with Crippen molar-refractivity contribution in [1.82, 2.24) is 4.68 Å². The molecule has 1 heterocycles. The molecule has 1 aromatic carbocycles. The van der Waals surface area contributed by atoms with Crippen LogP contribution in [-0.4, -0.2) is 29.0 Å². The predicted octanol–water partition coefficient (Wildman–Crippen LogP) is 4.20. The molecule has 24 heavy (non-hydrogen) atoms. The number of carbonyl (C=O) groups is 1. The third-order valence-electron chi connectivity index (χ3n) is 3.39. The van der Waals surface area contributed by atoms with Gasteiger partial charge in [0.2, 0.25) is 6.08 Å². The van der Waals surface area contributed by atoms with E-state index in [2.05, 4.69) is 4.99 Å². The lowest BCUT2D eigenvalue weighted by Crippen LogP contribution is -2.44. The van der Waals surface area contributed by atoms with Gasteiger partial charge in [-0.05, 0) is 46.2 Å². The van der Waals surface area contributed by atoms with Crippen LogP contribution >= 0.6 is 0 Å². The van der Waals surface area contributed by atoms with E-state index in [-0.39, 0.29) is 0 Å². The van der Waals surface area contributed by atoms with Gasteiger partial charge in [-0.25, -0.2) is 14.6 Å². The zero-order valence-corrected chi connectivity index (χ0v) is 14.8. The van der Waals surface area contributed by atoms with E-state index >= 15 is 0 Å². The Morgan fingerprint density at radius 2 is 2.08 bits per heavy atom. The number of rotatable bonds is 4. The van der Waals surface area contributed by atoms with Crippen LogP contribution in [0.15, 0.2) is 29.4 Å². The van der Waals surface area contributed by atoms with Crippen molar-refractivity contribution in [2.45, 2.75) is 46.6 Å². The molecule has 0 bridgehead atoms. The van der Waals surface area contributed by atoms with Crippen molar-refractivity contribution in [1.29, 1.82) is 0 Å². The van der Waals surface area contributed by atoms with E-state index in [1.165, 1.54) is 5.01 Å². The molecule has 0 unspecified atom stereocenters. The number of aliphatic imine (C=N–C) groups is 1. The van der Waals surface area contributed by atoms with Gasteiger partial charge in [0.1, 0.15) is 11.3 Å². The molecule has 0 N–H and O–H groups in total. The molecule has 0 aliphatic rings. The molecule has 0 spiro atoms. The number of fused-ring (bicyclic) bond motifs is 1. The van der Waals surface area contributed by atoms with Crippen LogP contribution in [0.2, 0.25) is 0 Å². The Balaban J connectivity index is 2.58. The van der Waals surface area contributed by atoms with E-state index in [1.54, 1.807) is 17.0 Å². The van der Waals surface area contributed by atoms with Gasteiger partial charge in [-0.2, -0.15) is 4.99 Å². The quantitative estimate of drug-likeness (QED) is 0.624. The number of benzene rings is 1. The van der Waals surface area contributed by atoms with E-state index in [0.717, 1.165) is 22.9 Å². The highest BCUT2D eigenvalue weighted by Crippen LogP contribution is 2.29. The molecule has 0 saturated heterocycles. The Bertz CT molecular complexity index is 796. The smallest absolute Gasteiger partial charge is 0.429 e. The molecule has 0 aliphatic carbocycles. The highest BCUT2D eigenvalue weighted by Gasteiger charge is 2.24. The second kappa shape index (κ2) is 6.89. The summed E-state index contributed by atoms with van der Waals surface area (Å²) in [6, 6.07) is 5.79. The maximum absolute atomic E-state index is 12.6. The van der Waals surface area contributed by atoms with Crippen molar-refractivity contribution in [2.24, 2.45) is 4.99 Å². The normalized spacial score (nSPS) is 11.2. The van der Waals surface area contributed by atoms with Crippen LogP contribution in [0.5, 0.6) is 0 Å². The molecule has 128 valence electrons. The number of nitrogens with zero attached hydrogens (tertiary/aromatic N) is 3. The van der Waals surface area contributed by atoms with Crippen molar-refractivity contribution in [3.8, 4) is 0 Å². The van der Waals surface area contributed by atoms with Crippen molar-refractivity contribution in [2.75, 3.05) is 11.6 Å². The van der Waals surface area contributed by atoms with E-state index in [4.69, 9.17) is 4.74 Å². The highest BCUT2D eigenvalue weighted by molar-refractivity contribution is 5.94. The van der Waals surface area contributed by atoms with E-state index in [9.17, 15) is 9.59 Å². The number of amides is 1. The Hall–Kier alpha value is -2.59. The summed E-state index contributed by atoms with van der Waals surface area (Å²) in [5, 5.41) is 2.32. The molecule has 0 saturated carbocycles. The van der Waals surface area contributed by atoms with Crippen LogP contribution in [0.3, 0.4) is 0 Å². The van der Waals surface area contributed by atoms with Gasteiger partial charge in [-0.15, -0.1) is 0 Å². The summed E-state index contributed by atoms with van der Waals surface area (Å²) in [6.45, 7) is 9.91. The number of aromatic nitrogens is 1. The fourth-order valence-corrected chi connectivity index (χ4v) is 2.46. The van der Waals surface area contributed by atoms with Crippen LogP contribution in [-0.2, 0) is 9.53 Å². The number of carbonyl (C=O) groups excluding carboxylic acids is 2. The number of isocyanates is 1. The van der Waals surface area contributed by atoms with Gasteiger partial charge in [-0.1, -0.05) is 18.6 Å². The van der Waals surface area contributed by atoms with Crippen LogP contribution in [0, 0.1) is 6.92 Å². The lowest BCUT2D eigenvalue weighted by atomic mass is 10.2. The maximum Gasteiger partial charge on any atom is 0.429 e. The average Bonchev–Trinajstić information content (AvgIpc) is 2.81. The summed E-state index contributed by atoms with van der Waals surface area (Å²) in [5.41, 5.74) is 1.72. The third kappa shape index (κ3) is 3.84. The van der Waals surface area contributed by atoms with E-state index in [0.29, 0.717) is 12.2 Å². The van der Waals surface area contributed by atoms with Crippen LogP contribution < -0.4 is 5.01 Å². The molecule has 6 heteroatoms. The molecule has 1 amide bonds. The maximum atomic E-state index is 12.6. The van der Waals surface area contributed by atoms with Crippen molar-refractivity contribution >= 4 is 28.8 Å². The number of hydrogen-bond donors (Lipinski definition) is 0. The molecule has 2 rings (SSSR count). The third-order valence-corrected chi connectivity index (χ3v) is 3.39. The summed E-state index contributed by atoms with van der Waals surface area (Å²) in [5.74, 6) is 0. The predicted molar refractivity (Wildman–Crippen MR) is 94.1 cm³/mol. The average molecular weight is 329 g/mol. The monoisotopic (exact) mass is 329 g/mol. The molecule has 0 atom stereocenters. The summed E-state index contributed by atoms with van der Waals surface area (Å²) >= 11 is 0. The summed E-state index contributed by atoms with van der Waals surface area (Å²) in [7, 11) is 0. The van der Waals surface area contributed by atoms with Crippen molar-refractivity contribution < 1.29 is 14.3 Å². The lowest BCUT2D eigenvalue weighted by molar-refractivity contribution is 0.0540. The minimum absolute atomic E-state index is 0.441. The van der Waals surface area contributed by atoms with Crippen LogP contribution in [0.1, 0.15) is 39.7 Å². The van der Waals surface area contributed by atoms with Gasteiger partial charge < -0.3 is 4.74 Å². The standard InChI is InChI=1S/C18H23N3O3/c1-6-9-20(17(23)24-18(3,4)5)21-11-15(19-12-22)14-10-13(2)7-8-16(14)21/h7-8,10-11H,6,9H2,1-5H3. The van der Waals surface area contributed by atoms with Gasteiger partial charge in [0.15, 0.2) is 0 Å². The zero-order valence-electron chi connectivity index (χ0n) is 14.8. The summed E-state index contributed by atoms with van der Waals surface area (Å²) in [6.07, 6.45) is 3.56. The second-order valence-electron chi connectivity index (χ2n) is 6.69. The summed E-state index contributed by atoms with van der Waals surface area (Å²) < 4.78 is 7.20. The van der Waals surface area contributed by atoms with Gasteiger partial charge in [0.25, 0.3) is 0 Å². The van der Waals surface area contributed by atoms with Crippen molar-refractivity contribution in [3.05, 3.63) is 30.0 Å². The minimum atomic E-state index is -0.591. The van der Waals surface area contributed by atoms with Crippen LogP contribution in [0.4, 0.5) is 10.5 Å². The van der Waals surface area contributed by atoms with Crippen molar-refractivity contribution in [3.63, 3.8) is 0 Å². The van der Waals surface area contributed by atoms with Gasteiger partial charge in [-0.3, -0.25) is 4.68 Å². The molecule has 0 aliphatic heterocycles. The molecular formula is C18H23N3O3. The lowest BCUT2D eigenvalue weighted by Gasteiger charge is -2.28. The van der Waals surface area contributed by atoms with Gasteiger partial charge >= 0.3 is 6.09 Å². The fourth-order valence-electron chi connectivity index (χ4n) is 2.46.